The number of anilines is 1. The number of carbonyl (C=O) groups is 1. The molecule has 1 N–H and O–H groups in total. The molecule has 1 aliphatic heterocycles. The first-order chi connectivity index (χ1) is 11.0. The second-order valence-electron chi connectivity index (χ2n) is 5.53. The van der Waals surface area contributed by atoms with Crippen LogP contribution >= 0.6 is 0 Å². The Bertz CT molecular complexity index is 855. The van der Waals surface area contributed by atoms with E-state index >= 15 is 0 Å². The van der Waals surface area contributed by atoms with E-state index in [0.29, 0.717) is 10.4 Å². The minimum Gasteiger partial charge on any atom is -0.351 e. The van der Waals surface area contributed by atoms with Crippen LogP contribution in [0.1, 0.15) is 6.42 Å². The van der Waals surface area contributed by atoms with E-state index in [-0.39, 0.29) is 17.9 Å². The number of sulfonamides is 1. The molecule has 2 rings (SSSR count). The van der Waals surface area contributed by atoms with E-state index in [9.17, 15) is 30.4 Å². The van der Waals surface area contributed by atoms with Gasteiger partial charge in [-0.2, -0.15) is 0 Å². The Morgan fingerprint density at radius 2 is 2.04 bits per heavy atom. The number of benzene rings is 1. The van der Waals surface area contributed by atoms with Gasteiger partial charge in [0.2, 0.25) is 15.9 Å². The Kier molecular flexibility index (Phi) is 5.14. The minimum atomic E-state index is -4.01. The average molecular weight is 382 g/mol. The fraction of sp³-hybridized carbons (Fsp3) is 0.462. The summed E-state index contributed by atoms with van der Waals surface area (Å²) in [5.41, 5.74) is -0.465. The minimum absolute atomic E-state index is 0.0552. The Morgan fingerprint density at radius 3 is 2.54 bits per heavy atom. The molecular formula is C13H16F2N2O5S2. The summed E-state index contributed by atoms with van der Waals surface area (Å²) in [4.78, 5) is 12.0. The molecule has 0 aromatic heterocycles. The van der Waals surface area contributed by atoms with Gasteiger partial charge in [0.15, 0.2) is 9.84 Å². The number of amides is 1. The van der Waals surface area contributed by atoms with E-state index in [0.717, 1.165) is 18.4 Å². The number of nitrogens with one attached hydrogen (secondary N) is 1. The summed E-state index contributed by atoms with van der Waals surface area (Å²) < 4.78 is 73.7. The molecule has 0 radical (unpaired) electrons. The fourth-order valence-electron chi connectivity index (χ4n) is 2.38. The molecule has 24 heavy (non-hydrogen) atoms. The number of nitrogens with zero attached hydrogens (tertiary/aromatic N) is 1. The van der Waals surface area contributed by atoms with Crippen LogP contribution in [0.2, 0.25) is 0 Å². The molecule has 0 aliphatic carbocycles. The first-order valence-electron chi connectivity index (χ1n) is 6.90. The van der Waals surface area contributed by atoms with Gasteiger partial charge in [-0.05, 0) is 18.6 Å². The van der Waals surface area contributed by atoms with Crippen LogP contribution in [0.5, 0.6) is 0 Å². The highest BCUT2D eigenvalue weighted by molar-refractivity contribution is 7.92. The number of hydrogen-bond acceptors (Lipinski definition) is 5. The monoisotopic (exact) mass is 382 g/mol. The lowest BCUT2D eigenvalue weighted by Crippen LogP contribution is -2.44. The van der Waals surface area contributed by atoms with Crippen LogP contribution in [0, 0.1) is 11.6 Å². The van der Waals surface area contributed by atoms with Gasteiger partial charge < -0.3 is 5.32 Å². The molecule has 1 atom stereocenters. The van der Waals surface area contributed by atoms with Crippen molar-refractivity contribution >= 4 is 31.5 Å². The second kappa shape index (κ2) is 6.63. The highest BCUT2D eigenvalue weighted by Gasteiger charge is 2.30. The molecule has 1 aliphatic rings. The number of carbonyl (C=O) groups excluding carboxylic acids is 1. The predicted octanol–water partition coefficient (Wildman–Crippen LogP) is 0.0341. The number of rotatable bonds is 5. The van der Waals surface area contributed by atoms with Crippen LogP contribution in [-0.2, 0) is 24.7 Å². The van der Waals surface area contributed by atoms with Crippen LogP contribution in [0.3, 0.4) is 0 Å². The molecule has 0 spiro atoms. The Balaban J connectivity index is 2.17. The first-order valence-corrected chi connectivity index (χ1v) is 10.6. The van der Waals surface area contributed by atoms with Crippen molar-refractivity contribution in [2.75, 3.05) is 28.6 Å². The molecule has 1 saturated heterocycles. The molecule has 11 heteroatoms. The standard InChI is InChI=1S/C13H16F2N2O5S2/c1-23(19,20)17(12-3-2-9(14)6-11(12)15)7-13(18)16-10-4-5-24(21,22)8-10/h2-3,6,10H,4-5,7-8H2,1H3,(H,16,18). The third kappa shape index (κ3) is 4.63. The normalized spacial score (nSPS) is 19.9. The largest absolute Gasteiger partial charge is 0.351 e. The van der Waals surface area contributed by atoms with Crippen LogP contribution in [-0.4, -0.2) is 53.1 Å². The van der Waals surface area contributed by atoms with Crippen molar-refractivity contribution in [1.82, 2.24) is 5.32 Å². The molecule has 0 saturated carbocycles. The molecular weight excluding hydrogens is 366 g/mol. The van der Waals surface area contributed by atoms with Crippen molar-refractivity contribution in [2.24, 2.45) is 0 Å². The maximum absolute atomic E-state index is 13.8. The van der Waals surface area contributed by atoms with E-state index in [1.165, 1.54) is 0 Å². The number of hydrogen-bond donors (Lipinski definition) is 1. The van der Waals surface area contributed by atoms with E-state index in [2.05, 4.69) is 5.32 Å². The van der Waals surface area contributed by atoms with Gasteiger partial charge in [0.25, 0.3) is 0 Å². The van der Waals surface area contributed by atoms with E-state index < -0.39 is 55.7 Å². The summed E-state index contributed by atoms with van der Waals surface area (Å²) in [6, 6.07) is 1.69. The molecule has 7 nitrogen and oxygen atoms in total. The maximum atomic E-state index is 13.8. The van der Waals surface area contributed by atoms with Crippen molar-refractivity contribution in [1.29, 1.82) is 0 Å². The van der Waals surface area contributed by atoms with Crippen LogP contribution in [0.4, 0.5) is 14.5 Å². The summed E-state index contributed by atoms with van der Waals surface area (Å²) in [6.45, 7) is -0.738. The Labute approximate surface area is 138 Å². The third-order valence-electron chi connectivity index (χ3n) is 3.46. The maximum Gasteiger partial charge on any atom is 0.241 e. The van der Waals surface area contributed by atoms with Gasteiger partial charge in [-0.25, -0.2) is 25.6 Å². The fourth-order valence-corrected chi connectivity index (χ4v) is 4.91. The Hall–Kier alpha value is -1.75. The molecule has 1 fully saturated rings. The van der Waals surface area contributed by atoms with Crippen molar-refractivity contribution < 1.29 is 30.4 Å². The van der Waals surface area contributed by atoms with E-state index in [1.807, 2.05) is 0 Å². The van der Waals surface area contributed by atoms with Gasteiger partial charge in [-0.15, -0.1) is 0 Å². The third-order valence-corrected chi connectivity index (χ3v) is 6.36. The number of halogens is 2. The zero-order chi connectivity index (χ0) is 18.1. The lowest BCUT2D eigenvalue weighted by Gasteiger charge is -2.23. The van der Waals surface area contributed by atoms with Gasteiger partial charge in [0, 0.05) is 12.1 Å². The van der Waals surface area contributed by atoms with Crippen LogP contribution in [0.25, 0.3) is 0 Å². The highest BCUT2D eigenvalue weighted by atomic mass is 32.2. The molecule has 1 heterocycles. The topological polar surface area (TPSA) is 101 Å². The lowest BCUT2D eigenvalue weighted by molar-refractivity contribution is -0.120. The van der Waals surface area contributed by atoms with Gasteiger partial charge in [0.1, 0.15) is 18.2 Å². The SMILES string of the molecule is CS(=O)(=O)N(CC(=O)NC1CCS(=O)(=O)C1)c1ccc(F)cc1F. The molecule has 1 unspecified atom stereocenters. The molecule has 0 bridgehead atoms. The summed E-state index contributed by atoms with van der Waals surface area (Å²) in [7, 11) is -7.22. The first kappa shape index (κ1) is 18.6. The zero-order valence-electron chi connectivity index (χ0n) is 12.7. The zero-order valence-corrected chi connectivity index (χ0v) is 14.3. The van der Waals surface area contributed by atoms with Crippen molar-refractivity contribution in [3.05, 3.63) is 29.8 Å². The summed E-state index contributed by atoms with van der Waals surface area (Å²) in [6.07, 6.45) is 1.01. The Morgan fingerprint density at radius 1 is 1.38 bits per heavy atom. The summed E-state index contributed by atoms with van der Waals surface area (Å²) >= 11 is 0. The predicted molar refractivity (Wildman–Crippen MR) is 83.7 cm³/mol. The van der Waals surface area contributed by atoms with Crippen molar-refractivity contribution in [3.63, 3.8) is 0 Å². The van der Waals surface area contributed by atoms with Gasteiger partial charge in [-0.3, -0.25) is 9.10 Å². The van der Waals surface area contributed by atoms with Crippen molar-refractivity contribution in [2.45, 2.75) is 12.5 Å². The summed E-state index contributed by atoms with van der Waals surface area (Å²) in [5.74, 6) is -3.06. The quantitative estimate of drug-likeness (QED) is 0.775. The lowest BCUT2D eigenvalue weighted by atomic mass is 10.2. The van der Waals surface area contributed by atoms with Crippen molar-refractivity contribution in [3.8, 4) is 0 Å². The smallest absolute Gasteiger partial charge is 0.241 e. The molecule has 1 aromatic carbocycles. The second-order valence-corrected chi connectivity index (χ2v) is 9.67. The van der Waals surface area contributed by atoms with Gasteiger partial charge >= 0.3 is 0 Å². The number of sulfone groups is 1. The van der Waals surface area contributed by atoms with Gasteiger partial charge in [0.05, 0.1) is 23.4 Å². The van der Waals surface area contributed by atoms with E-state index in [4.69, 9.17) is 0 Å². The summed E-state index contributed by atoms with van der Waals surface area (Å²) in [5, 5.41) is 2.42. The van der Waals surface area contributed by atoms with E-state index in [1.54, 1.807) is 0 Å². The molecule has 1 aromatic rings. The van der Waals surface area contributed by atoms with Crippen LogP contribution in [0.15, 0.2) is 18.2 Å². The molecule has 1 amide bonds. The van der Waals surface area contributed by atoms with Gasteiger partial charge in [-0.1, -0.05) is 0 Å². The molecule has 134 valence electrons. The van der Waals surface area contributed by atoms with Crippen LogP contribution < -0.4 is 9.62 Å². The highest BCUT2D eigenvalue weighted by Crippen LogP contribution is 2.22. The average Bonchev–Trinajstić information content (AvgIpc) is 2.74.